The van der Waals surface area contributed by atoms with E-state index >= 15 is 0 Å². The van der Waals surface area contributed by atoms with E-state index in [1.165, 1.54) is 0 Å². The summed E-state index contributed by atoms with van der Waals surface area (Å²) in [6, 6.07) is 12.0. The molecule has 0 aliphatic heterocycles. The molecule has 0 unspecified atom stereocenters. The Kier molecular flexibility index (Phi) is 5.61. The van der Waals surface area contributed by atoms with E-state index in [0.717, 1.165) is 0 Å². The van der Waals surface area contributed by atoms with Crippen molar-refractivity contribution in [1.29, 1.82) is 0 Å². The normalized spacial score (nSPS) is 6.75. The van der Waals surface area contributed by atoms with Crippen molar-refractivity contribution in [2.24, 2.45) is 0 Å². The quantitative estimate of drug-likeness (QED) is 0.479. The molecule has 0 fully saturated rings. The lowest BCUT2D eigenvalue weighted by Gasteiger charge is -1.69. The Morgan fingerprint density at radius 1 is 0.500 bits per heavy atom. The predicted octanol–water partition coefficient (Wildman–Crippen LogP) is 2.71. The van der Waals surface area contributed by atoms with Crippen LogP contribution < -0.4 is 0 Å². The second-order valence-corrected chi connectivity index (χ2v) is 1.15. The van der Waals surface area contributed by atoms with Crippen LogP contribution in [0.5, 0.6) is 0 Å². The highest BCUT2D eigenvalue weighted by Gasteiger charge is 1.57. The Balaban J connectivity index is 0.000000222. The number of hydrogen-bond donors (Lipinski definition) is 0. The summed E-state index contributed by atoms with van der Waals surface area (Å²) >= 11 is 0. The van der Waals surface area contributed by atoms with E-state index < -0.39 is 0 Å². The molecule has 0 amide bonds. The van der Waals surface area contributed by atoms with Crippen LogP contribution in [0.25, 0.3) is 0 Å². The van der Waals surface area contributed by atoms with Gasteiger partial charge in [-0.1, -0.05) is 50.2 Å². The molecule has 0 radical (unpaired) electrons. The molecule has 0 saturated heterocycles. The van der Waals surface area contributed by atoms with E-state index in [4.69, 9.17) is 0 Å². The average Bonchev–Trinajstić information content (AvgIpc) is 1.96. The maximum atomic E-state index is 2.00. The number of hydrogen-bond acceptors (Lipinski definition) is 0. The van der Waals surface area contributed by atoms with Crippen molar-refractivity contribution in [2.45, 2.75) is 13.8 Å². The summed E-state index contributed by atoms with van der Waals surface area (Å²) < 4.78 is 0. The van der Waals surface area contributed by atoms with E-state index in [0.29, 0.717) is 0 Å². The minimum atomic E-state index is 2.00. The van der Waals surface area contributed by atoms with Gasteiger partial charge in [0.05, 0.1) is 0 Å². The second kappa shape index (κ2) is 6.22. The fourth-order valence-corrected chi connectivity index (χ4v) is 0.385. The zero-order chi connectivity index (χ0) is 6.24. The zero-order valence-corrected chi connectivity index (χ0v) is 5.46. The molecule has 0 aliphatic rings. The first-order valence-electron chi connectivity index (χ1n) is 3.00. The topological polar surface area (TPSA) is 0 Å². The van der Waals surface area contributed by atoms with Crippen LogP contribution in [0.2, 0.25) is 0 Å². The smallest absolute Gasteiger partial charge is 0.0623 e. The van der Waals surface area contributed by atoms with Crippen LogP contribution in [-0.2, 0) is 0 Å². The van der Waals surface area contributed by atoms with Gasteiger partial charge in [-0.2, -0.15) is 0 Å². The predicted molar refractivity (Wildman–Crippen MR) is 37.8 cm³/mol. The van der Waals surface area contributed by atoms with Crippen molar-refractivity contribution >= 4 is 0 Å². The lowest BCUT2D eigenvalue weighted by Crippen LogP contribution is -1.47. The van der Waals surface area contributed by atoms with Gasteiger partial charge >= 0.3 is 0 Å². The van der Waals surface area contributed by atoms with Gasteiger partial charge in [0.1, 0.15) is 0 Å². The Morgan fingerprint density at radius 3 is 0.750 bits per heavy atom. The van der Waals surface area contributed by atoms with Gasteiger partial charge in [0, 0.05) is 0 Å². The van der Waals surface area contributed by atoms with Gasteiger partial charge < -0.3 is 0 Å². The van der Waals surface area contributed by atoms with Gasteiger partial charge in [-0.05, 0) is 0 Å². The minimum absolute atomic E-state index is 2.00. The van der Waals surface area contributed by atoms with Crippen LogP contribution in [0, 0.1) is 0 Å². The Morgan fingerprint density at radius 2 is 0.625 bits per heavy atom. The first kappa shape index (κ1) is 7.22. The largest absolute Gasteiger partial charge is 0.0683 e. The van der Waals surface area contributed by atoms with Crippen LogP contribution in [-0.4, -0.2) is 0 Å². The highest BCUT2D eigenvalue weighted by Crippen LogP contribution is 1.79. The Bertz CT molecular complexity index is 72.0. The Labute approximate surface area is 51.2 Å². The summed E-state index contributed by atoms with van der Waals surface area (Å²) in [5.74, 6) is 0. The van der Waals surface area contributed by atoms with Crippen molar-refractivity contribution in [2.75, 3.05) is 0 Å². The first-order valence-corrected chi connectivity index (χ1v) is 3.00. The molecule has 0 saturated carbocycles. The molecule has 0 heterocycles. The average molecular weight is 108 g/mol. The van der Waals surface area contributed by atoms with Crippen molar-refractivity contribution in [3.63, 3.8) is 0 Å². The zero-order valence-electron chi connectivity index (χ0n) is 5.46. The maximum absolute atomic E-state index is 2.00. The molecule has 0 aromatic heterocycles. The third-order valence-corrected chi connectivity index (χ3v) is 0.667. The summed E-state index contributed by atoms with van der Waals surface area (Å²) in [5, 5.41) is 0. The summed E-state index contributed by atoms with van der Waals surface area (Å²) in [5.41, 5.74) is 0. The van der Waals surface area contributed by atoms with E-state index in [1.54, 1.807) is 0 Å². The van der Waals surface area contributed by atoms with Crippen molar-refractivity contribution < 1.29 is 0 Å². The van der Waals surface area contributed by atoms with E-state index in [2.05, 4.69) is 0 Å². The molecular weight excluding hydrogens is 96.1 g/mol. The standard InChI is InChI=1S/C6H6.C2H6/c1-2-4-6-5-3-1;1-2/h1-6H;1-2H3. The molecule has 0 nitrogen and oxygen atoms in total. The number of rotatable bonds is 0. The van der Waals surface area contributed by atoms with Crippen LogP contribution in [0.4, 0.5) is 0 Å². The van der Waals surface area contributed by atoms with Crippen LogP contribution >= 0.6 is 0 Å². The molecule has 1 aromatic carbocycles. The van der Waals surface area contributed by atoms with Gasteiger partial charge in [-0.15, -0.1) is 0 Å². The van der Waals surface area contributed by atoms with Gasteiger partial charge in [0.15, 0.2) is 0 Å². The molecule has 44 valence electrons. The Hall–Kier alpha value is -0.780. The monoisotopic (exact) mass is 108 g/mol. The van der Waals surface area contributed by atoms with E-state index in [1.807, 2.05) is 50.2 Å². The van der Waals surface area contributed by atoms with Gasteiger partial charge in [0.25, 0.3) is 0 Å². The maximum Gasteiger partial charge on any atom is -0.0623 e. The highest BCUT2D eigenvalue weighted by molar-refractivity contribution is 4.99. The molecular formula is C8H12. The molecule has 0 atom stereocenters. The third kappa shape index (κ3) is 3.41. The van der Waals surface area contributed by atoms with Gasteiger partial charge in [-0.3, -0.25) is 0 Å². The molecule has 0 aliphatic carbocycles. The van der Waals surface area contributed by atoms with E-state index in [9.17, 15) is 0 Å². The van der Waals surface area contributed by atoms with Crippen molar-refractivity contribution in [3.05, 3.63) is 36.4 Å². The lowest BCUT2D eigenvalue weighted by molar-refractivity contribution is 1.50. The SMILES string of the molecule is CC.c1ccccc1. The van der Waals surface area contributed by atoms with Crippen molar-refractivity contribution in [1.82, 2.24) is 0 Å². The van der Waals surface area contributed by atoms with Crippen molar-refractivity contribution in [3.8, 4) is 0 Å². The summed E-state index contributed by atoms with van der Waals surface area (Å²) in [6.07, 6.45) is 0. The third-order valence-electron chi connectivity index (χ3n) is 0.667. The lowest BCUT2D eigenvalue weighted by atomic mass is 10.4. The molecule has 0 N–H and O–H groups in total. The van der Waals surface area contributed by atoms with Gasteiger partial charge in [-0.25, -0.2) is 0 Å². The molecule has 0 heteroatoms. The van der Waals surface area contributed by atoms with Crippen LogP contribution in [0.3, 0.4) is 0 Å². The van der Waals surface area contributed by atoms with Gasteiger partial charge in [0.2, 0.25) is 0 Å². The molecule has 8 heavy (non-hydrogen) atoms. The summed E-state index contributed by atoms with van der Waals surface area (Å²) in [7, 11) is 0. The van der Waals surface area contributed by atoms with E-state index in [-0.39, 0.29) is 0 Å². The van der Waals surface area contributed by atoms with Crippen LogP contribution in [0.15, 0.2) is 36.4 Å². The second-order valence-electron chi connectivity index (χ2n) is 1.15. The summed E-state index contributed by atoms with van der Waals surface area (Å²) in [4.78, 5) is 0. The number of benzene rings is 1. The summed E-state index contributed by atoms with van der Waals surface area (Å²) in [6.45, 7) is 4.00. The highest BCUT2D eigenvalue weighted by atomic mass is 13.6. The fraction of sp³-hybridized carbons (Fsp3) is 0.250. The minimum Gasteiger partial charge on any atom is -0.0683 e. The first-order chi connectivity index (χ1) is 4.00. The fourth-order valence-electron chi connectivity index (χ4n) is 0.385. The molecule has 1 aromatic rings. The van der Waals surface area contributed by atoms with Crippen LogP contribution in [0.1, 0.15) is 13.8 Å². The molecule has 0 bridgehead atoms. The molecule has 1 rings (SSSR count). The molecule has 0 spiro atoms.